The van der Waals surface area contributed by atoms with Crippen LogP contribution in [0.2, 0.25) is 0 Å². The number of carbonyl (C=O) groups excluding carboxylic acids is 2. The average Bonchev–Trinajstić information content (AvgIpc) is 2.82. The minimum atomic E-state index is -8.12. The van der Waals surface area contributed by atoms with Crippen LogP contribution in [0.4, 0.5) is 87.8 Å². The van der Waals surface area contributed by atoms with Gasteiger partial charge in [0.2, 0.25) is 0 Å². The minimum absolute atomic E-state index is 0. The molecule has 0 aromatic carbocycles. The summed E-state index contributed by atoms with van der Waals surface area (Å²) < 4.78 is 299. The molecular formula is C16H9F20NaO7S. The zero-order valence-corrected chi connectivity index (χ0v) is 23.5. The third-order valence-electron chi connectivity index (χ3n) is 4.87. The molecule has 0 amide bonds. The summed E-state index contributed by atoms with van der Waals surface area (Å²) in [6.45, 7) is -7.20. The number of hydrogen-bond donors (Lipinski definition) is 0. The van der Waals surface area contributed by atoms with E-state index in [1.807, 2.05) is 0 Å². The van der Waals surface area contributed by atoms with E-state index in [-0.39, 0.29) is 29.6 Å². The molecule has 0 bridgehead atoms. The molecule has 1 atom stereocenters. The van der Waals surface area contributed by atoms with Crippen molar-refractivity contribution in [2.24, 2.45) is 0 Å². The van der Waals surface area contributed by atoms with Crippen molar-refractivity contribution in [2.45, 2.75) is 71.9 Å². The number of halogens is 20. The molecule has 0 radical (unpaired) electrons. The van der Waals surface area contributed by atoms with E-state index in [9.17, 15) is 110 Å². The van der Waals surface area contributed by atoms with Gasteiger partial charge in [-0.3, -0.25) is 9.59 Å². The number of hydrogen-bond acceptors (Lipinski definition) is 7. The van der Waals surface area contributed by atoms with Gasteiger partial charge in [0.15, 0.2) is 18.5 Å². The first kappa shape index (κ1) is 45.6. The van der Waals surface area contributed by atoms with Crippen molar-refractivity contribution in [3.05, 3.63) is 0 Å². The smallest absolute Gasteiger partial charge is 0.747 e. The maximum atomic E-state index is 13.6. The number of ether oxygens (including phenoxy) is 2. The van der Waals surface area contributed by atoms with Crippen LogP contribution in [-0.4, -0.2) is 104 Å². The Bertz CT molecular complexity index is 1160. The molecule has 45 heavy (non-hydrogen) atoms. The van der Waals surface area contributed by atoms with Gasteiger partial charge in [-0.25, -0.2) is 26.0 Å². The Hall–Kier alpha value is -1.55. The SMILES string of the molecule is O=C(CC(C(=O)OCC(F)(F)C(F)(F)C(F)(F)C(F)F)S(=O)(=O)[O-])OCC(F)(F)C(F)(F)C(F)(F)C(F)(F)C(F)(F)C(F)F.[Na+]. The van der Waals surface area contributed by atoms with Gasteiger partial charge in [0.05, 0.1) is 6.42 Å². The van der Waals surface area contributed by atoms with E-state index in [0.29, 0.717) is 0 Å². The normalized spacial score (nSPS) is 15.5. The van der Waals surface area contributed by atoms with Crippen LogP contribution in [-0.2, 0) is 29.2 Å². The number of rotatable bonds is 16. The third-order valence-corrected chi connectivity index (χ3v) is 5.92. The van der Waals surface area contributed by atoms with Crippen molar-refractivity contribution in [3.63, 3.8) is 0 Å². The van der Waals surface area contributed by atoms with Crippen molar-refractivity contribution in [2.75, 3.05) is 13.2 Å². The maximum Gasteiger partial charge on any atom is 1.00 e. The fourth-order valence-electron chi connectivity index (χ4n) is 2.27. The number of alkyl halides is 20. The van der Waals surface area contributed by atoms with Gasteiger partial charge in [-0.1, -0.05) is 0 Å². The van der Waals surface area contributed by atoms with E-state index in [2.05, 4.69) is 9.47 Å². The van der Waals surface area contributed by atoms with Crippen LogP contribution in [0.25, 0.3) is 0 Å². The molecule has 0 heterocycles. The Balaban J connectivity index is 0. The van der Waals surface area contributed by atoms with Gasteiger partial charge < -0.3 is 14.0 Å². The Labute approximate surface area is 256 Å². The Morgan fingerprint density at radius 2 is 0.911 bits per heavy atom. The van der Waals surface area contributed by atoms with Gasteiger partial charge in [0, 0.05) is 0 Å². The van der Waals surface area contributed by atoms with E-state index in [1.165, 1.54) is 0 Å². The van der Waals surface area contributed by atoms with Gasteiger partial charge >= 0.3 is 102 Å². The molecule has 0 spiro atoms. The average molecular weight is 748 g/mol. The van der Waals surface area contributed by atoms with Crippen LogP contribution in [0, 0.1) is 0 Å². The first-order chi connectivity index (χ1) is 19.0. The van der Waals surface area contributed by atoms with Crippen LogP contribution in [0.1, 0.15) is 6.42 Å². The van der Waals surface area contributed by atoms with Crippen molar-refractivity contribution in [1.29, 1.82) is 0 Å². The van der Waals surface area contributed by atoms with Crippen LogP contribution >= 0.6 is 0 Å². The molecule has 0 saturated carbocycles. The van der Waals surface area contributed by atoms with Gasteiger partial charge in [-0.15, -0.1) is 0 Å². The van der Waals surface area contributed by atoms with Crippen molar-refractivity contribution >= 4 is 22.1 Å². The molecule has 0 N–H and O–H groups in total. The molecule has 0 aromatic heterocycles. The first-order valence-corrected chi connectivity index (χ1v) is 11.3. The Morgan fingerprint density at radius 1 is 0.578 bits per heavy atom. The molecule has 0 aliphatic rings. The summed E-state index contributed by atoms with van der Waals surface area (Å²) in [6, 6.07) is 0. The summed E-state index contributed by atoms with van der Waals surface area (Å²) >= 11 is 0. The Kier molecular flexibility index (Phi) is 14.1. The van der Waals surface area contributed by atoms with Gasteiger partial charge in [-0.05, 0) is 0 Å². The summed E-state index contributed by atoms with van der Waals surface area (Å²) in [5.41, 5.74) is 0. The molecule has 0 saturated heterocycles. The quantitative estimate of drug-likeness (QED) is 0.103. The molecule has 0 fully saturated rings. The van der Waals surface area contributed by atoms with Crippen LogP contribution in [0.5, 0.6) is 0 Å². The predicted octanol–water partition coefficient (Wildman–Crippen LogP) is 1.99. The third kappa shape index (κ3) is 8.49. The molecular weight excluding hydrogens is 739 g/mol. The molecule has 0 aliphatic heterocycles. The van der Waals surface area contributed by atoms with E-state index < -0.39 is 107 Å². The van der Waals surface area contributed by atoms with Crippen LogP contribution in [0.15, 0.2) is 0 Å². The molecule has 262 valence electrons. The van der Waals surface area contributed by atoms with E-state index >= 15 is 0 Å². The Morgan fingerprint density at radius 3 is 1.27 bits per heavy atom. The van der Waals surface area contributed by atoms with E-state index in [0.717, 1.165) is 0 Å². The topological polar surface area (TPSA) is 110 Å². The fourth-order valence-corrected chi connectivity index (χ4v) is 2.92. The molecule has 0 aromatic rings. The summed E-state index contributed by atoms with van der Waals surface area (Å²) in [7, 11) is -6.59. The van der Waals surface area contributed by atoms with E-state index in [4.69, 9.17) is 0 Å². The molecule has 7 nitrogen and oxygen atoms in total. The monoisotopic (exact) mass is 748 g/mol. The van der Waals surface area contributed by atoms with Crippen molar-refractivity contribution < 1.29 is 149 Å². The minimum Gasteiger partial charge on any atom is -0.747 e. The largest absolute Gasteiger partial charge is 1.00 e. The van der Waals surface area contributed by atoms with Crippen molar-refractivity contribution in [3.8, 4) is 0 Å². The molecule has 1 unspecified atom stereocenters. The molecule has 0 rings (SSSR count). The summed E-state index contributed by atoms with van der Waals surface area (Å²) in [5.74, 6) is -65.0. The summed E-state index contributed by atoms with van der Waals surface area (Å²) in [4.78, 5) is 23.0. The van der Waals surface area contributed by atoms with Gasteiger partial charge in [0.25, 0.3) is 0 Å². The second-order valence-corrected chi connectivity index (χ2v) is 9.56. The predicted molar refractivity (Wildman–Crippen MR) is 91.6 cm³/mol. The molecule has 29 heteroatoms. The van der Waals surface area contributed by atoms with E-state index in [1.54, 1.807) is 0 Å². The van der Waals surface area contributed by atoms with Crippen LogP contribution in [0.3, 0.4) is 0 Å². The second-order valence-electron chi connectivity index (χ2n) is 8.01. The number of carbonyl (C=O) groups is 2. The standard InChI is InChI=1S/C16H10F20O7S.Na/c17-7(18)11(25,26)13(29,30)9(21,22)3-43-6(38)4(44(39,40)41)1-5(37)42-2-10(23,24)14(31,32)16(35,36)15(33,34)12(27,28)8(19)20;/h4,7-8H,1-3H2,(H,39,40,41);/q;+1/p-1. The zero-order valence-electron chi connectivity index (χ0n) is 20.7. The van der Waals surface area contributed by atoms with Gasteiger partial charge in [0.1, 0.15) is 10.1 Å². The zero-order chi connectivity index (χ0) is 35.9. The summed E-state index contributed by atoms with van der Waals surface area (Å²) in [6.07, 6.45) is -14.1. The second kappa shape index (κ2) is 13.9. The molecule has 0 aliphatic carbocycles. The number of esters is 2. The first-order valence-electron chi connectivity index (χ1n) is 9.86. The van der Waals surface area contributed by atoms with Gasteiger partial charge in [-0.2, -0.15) is 70.2 Å². The summed E-state index contributed by atoms with van der Waals surface area (Å²) in [5, 5.41) is -3.97. The fraction of sp³-hybridized carbons (Fsp3) is 0.875. The van der Waals surface area contributed by atoms with Crippen molar-refractivity contribution in [1.82, 2.24) is 0 Å². The maximum absolute atomic E-state index is 13.6. The van der Waals surface area contributed by atoms with Crippen LogP contribution < -0.4 is 29.6 Å².